The molecule has 2 unspecified atom stereocenters. The van der Waals surface area contributed by atoms with Crippen LogP contribution in [0.1, 0.15) is 24.7 Å². The first kappa shape index (κ1) is 15.3. The lowest BCUT2D eigenvalue weighted by atomic mass is 10.1. The smallest absolute Gasteiger partial charge is 0.225 e. The molecular formula is C15H21N5OS. The van der Waals surface area contributed by atoms with Crippen LogP contribution in [-0.4, -0.2) is 45.6 Å². The maximum atomic E-state index is 12.4. The van der Waals surface area contributed by atoms with Crippen molar-refractivity contribution in [2.45, 2.75) is 18.9 Å². The van der Waals surface area contributed by atoms with Crippen LogP contribution in [0.15, 0.2) is 24.4 Å². The highest BCUT2D eigenvalue weighted by Crippen LogP contribution is 2.19. The van der Waals surface area contributed by atoms with E-state index in [0.29, 0.717) is 0 Å². The van der Waals surface area contributed by atoms with Crippen LogP contribution in [0.2, 0.25) is 0 Å². The quantitative estimate of drug-likeness (QED) is 0.838. The standard InChI is InChI=1S/C15H21N5OS/c1-22-9-6-12(17-15(21)11-5-7-16-10-11)14-19-18-13-4-2-3-8-20(13)14/h2-4,8,11-12,16H,5-7,9-10H2,1H3,(H,17,21). The number of aromatic nitrogens is 3. The van der Waals surface area contributed by atoms with E-state index in [0.717, 1.165) is 43.2 Å². The van der Waals surface area contributed by atoms with Crippen LogP contribution in [0, 0.1) is 5.92 Å². The Labute approximate surface area is 134 Å². The fourth-order valence-corrected chi connectivity index (χ4v) is 3.24. The molecule has 0 radical (unpaired) electrons. The third-order valence-electron chi connectivity index (χ3n) is 4.01. The van der Waals surface area contributed by atoms with Gasteiger partial charge in [0, 0.05) is 12.7 Å². The van der Waals surface area contributed by atoms with Gasteiger partial charge in [0.15, 0.2) is 11.5 Å². The second-order valence-electron chi connectivity index (χ2n) is 5.52. The van der Waals surface area contributed by atoms with E-state index in [4.69, 9.17) is 0 Å². The molecule has 22 heavy (non-hydrogen) atoms. The van der Waals surface area contributed by atoms with Gasteiger partial charge in [0.2, 0.25) is 5.91 Å². The molecule has 1 fully saturated rings. The number of rotatable bonds is 6. The van der Waals surface area contributed by atoms with Crippen molar-refractivity contribution in [1.29, 1.82) is 0 Å². The Morgan fingerprint density at radius 2 is 2.45 bits per heavy atom. The van der Waals surface area contributed by atoms with E-state index in [1.165, 1.54) is 0 Å². The first-order chi connectivity index (χ1) is 10.8. The number of hydrogen-bond donors (Lipinski definition) is 2. The van der Waals surface area contributed by atoms with E-state index < -0.39 is 0 Å². The van der Waals surface area contributed by atoms with Gasteiger partial charge in [0.1, 0.15) is 0 Å². The van der Waals surface area contributed by atoms with Crippen LogP contribution in [0.25, 0.3) is 5.65 Å². The summed E-state index contributed by atoms with van der Waals surface area (Å²) in [5, 5.41) is 14.9. The molecule has 1 aliphatic rings. The van der Waals surface area contributed by atoms with Crippen LogP contribution < -0.4 is 10.6 Å². The lowest BCUT2D eigenvalue weighted by molar-refractivity contribution is -0.125. The number of pyridine rings is 1. The SMILES string of the molecule is CSCCC(NC(=O)C1CCNC1)c1nnc2ccccn12. The second kappa shape index (κ2) is 7.11. The average Bonchev–Trinajstić information content (AvgIpc) is 3.20. The number of carbonyl (C=O) groups is 1. The molecular weight excluding hydrogens is 298 g/mol. The van der Waals surface area contributed by atoms with Gasteiger partial charge in [-0.25, -0.2) is 0 Å². The van der Waals surface area contributed by atoms with Crippen LogP contribution >= 0.6 is 11.8 Å². The molecule has 6 nitrogen and oxygen atoms in total. The van der Waals surface area contributed by atoms with Gasteiger partial charge in [-0.05, 0) is 43.5 Å². The zero-order valence-electron chi connectivity index (χ0n) is 12.7. The summed E-state index contributed by atoms with van der Waals surface area (Å²) in [5.41, 5.74) is 0.809. The Morgan fingerprint density at radius 1 is 1.55 bits per heavy atom. The molecule has 7 heteroatoms. The number of carbonyl (C=O) groups excluding carboxylic acids is 1. The van der Waals surface area contributed by atoms with Crippen LogP contribution in [0.5, 0.6) is 0 Å². The third kappa shape index (κ3) is 3.25. The highest BCUT2D eigenvalue weighted by molar-refractivity contribution is 7.98. The number of hydrogen-bond acceptors (Lipinski definition) is 5. The Balaban J connectivity index is 1.80. The van der Waals surface area contributed by atoms with Crippen molar-refractivity contribution in [2.24, 2.45) is 5.92 Å². The molecule has 2 aromatic rings. The minimum atomic E-state index is -0.0991. The Bertz CT molecular complexity index is 638. The minimum absolute atomic E-state index is 0.0657. The van der Waals surface area contributed by atoms with E-state index in [9.17, 15) is 4.79 Å². The normalized spacial score (nSPS) is 19.4. The molecule has 3 heterocycles. The molecule has 0 aliphatic carbocycles. The third-order valence-corrected chi connectivity index (χ3v) is 4.65. The van der Waals surface area contributed by atoms with Crippen molar-refractivity contribution < 1.29 is 4.79 Å². The van der Waals surface area contributed by atoms with E-state index in [2.05, 4.69) is 27.1 Å². The summed E-state index contributed by atoms with van der Waals surface area (Å²) >= 11 is 1.77. The summed E-state index contributed by atoms with van der Waals surface area (Å²) in [6.07, 6.45) is 5.77. The molecule has 3 rings (SSSR count). The Kier molecular flexibility index (Phi) is 4.94. The highest BCUT2D eigenvalue weighted by Gasteiger charge is 2.26. The van der Waals surface area contributed by atoms with E-state index in [-0.39, 0.29) is 17.9 Å². The van der Waals surface area contributed by atoms with Crippen molar-refractivity contribution in [3.05, 3.63) is 30.2 Å². The number of thioether (sulfide) groups is 1. The van der Waals surface area contributed by atoms with Gasteiger partial charge < -0.3 is 10.6 Å². The van der Waals surface area contributed by atoms with Gasteiger partial charge in [-0.3, -0.25) is 9.20 Å². The van der Waals surface area contributed by atoms with Crippen molar-refractivity contribution in [1.82, 2.24) is 25.2 Å². The lowest BCUT2D eigenvalue weighted by Crippen LogP contribution is -2.36. The second-order valence-corrected chi connectivity index (χ2v) is 6.51. The van der Waals surface area contributed by atoms with Crippen molar-refractivity contribution >= 4 is 23.3 Å². The predicted octanol–water partition coefficient (Wildman–Crippen LogP) is 1.25. The fourth-order valence-electron chi connectivity index (χ4n) is 2.77. The highest BCUT2D eigenvalue weighted by atomic mass is 32.2. The first-order valence-electron chi connectivity index (χ1n) is 7.59. The summed E-state index contributed by atoms with van der Waals surface area (Å²) < 4.78 is 1.96. The molecule has 1 saturated heterocycles. The summed E-state index contributed by atoms with van der Waals surface area (Å²) in [6.45, 7) is 1.68. The molecule has 2 N–H and O–H groups in total. The van der Waals surface area contributed by atoms with Crippen molar-refractivity contribution in [2.75, 3.05) is 25.1 Å². The molecule has 2 atom stereocenters. The first-order valence-corrected chi connectivity index (χ1v) is 8.98. The average molecular weight is 319 g/mol. The van der Waals surface area contributed by atoms with Crippen LogP contribution in [0.3, 0.4) is 0 Å². The predicted molar refractivity (Wildman–Crippen MR) is 87.8 cm³/mol. The Hall–Kier alpha value is -1.60. The maximum absolute atomic E-state index is 12.4. The topological polar surface area (TPSA) is 71.3 Å². The van der Waals surface area contributed by atoms with Crippen LogP contribution in [0.4, 0.5) is 0 Å². The zero-order valence-corrected chi connectivity index (χ0v) is 13.5. The minimum Gasteiger partial charge on any atom is -0.346 e. The maximum Gasteiger partial charge on any atom is 0.225 e. The van der Waals surface area contributed by atoms with E-state index >= 15 is 0 Å². The zero-order chi connectivity index (χ0) is 15.4. The number of nitrogens with zero attached hydrogens (tertiary/aromatic N) is 3. The number of amides is 1. The summed E-state index contributed by atoms with van der Waals surface area (Å²) in [7, 11) is 0. The van der Waals surface area contributed by atoms with Gasteiger partial charge in [-0.2, -0.15) is 11.8 Å². The van der Waals surface area contributed by atoms with Gasteiger partial charge >= 0.3 is 0 Å². The van der Waals surface area contributed by atoms with Crippen molar-refractivity contribution in [3.8, 4) is 0 Å². The molecule has 0 aromatic carbocycles. The summed E-state index contributed by atoms with van der Waals surface area (Å²) in [6, 6.07) is 5.71. The van der Waals surface area contributed by atoms with Gasteiger partial charge in [0.05, 0.1) is 12.0 Å². The van der Waals surface area contributed by atoms with Gasteiger partial charge in [0.25, 0.3) is 0 Å². The molecule has 0 bridgehead atoms. The van der Waals surface area contributed by atoms with Gasteiger partial charge in [-0.1, -0.05) is 6.07 Å². The summed E-state index contributed by atoms with van der Waals surface area (Å²) in [5.74, 6) is 1.96. The number of nitrogens with one attached hydrogen (secondary N) is 2. The monoisotopic (exact) mass is 319 g/mol. The number of fused-ring (bicyclic) bond motifs is 1. The molecule has 0 spiro atoms. The van der Waals surface area contributed by atoms with E-state index in [1.807, 2.05) is 28.8 Å². The largest absolute Gasteiger partial charge is 0.346 e. The Morgan fingerprint density at radius 3 is 3.23 bits per heavy atom. The van der Waals surface area contributed by atoms with E-state index in [1.54, 1.807) is 11.8 Å². The molecule has 1 aliphatic heterocycles. The molecule has 0 saturated carbocycles. The lowest BCUT2D eigenvalue weighted by Gasteiger charge is -2.19. The molecule has 1 amide bonds. The van der Waals surface area contributed by atoms with Crippen molar-refractivity contribution in [3.63, 3.8) is 0 Å². The van der Waals surface area contributed by atoms with Gasteiger partial charge in [-0.15, -0.1) is 10.2 Å². The molecule has 2 aromatic heterocycles. The fraction of sp³-hybridized carbons (Fsp3) is 0.533. The summed E-state index contributed by atoms with van der Waals surface area (Å²) in [4.78, 5) is 12.4. The van der Waals surface area contributed by atoms with Crippen LogP contribution in [-0.2, 0) is 4.79 Å². The molecule has 118 valence electrons.